The van der Waals surface area contributed by atoms with Crippen molar-refractivity contribution in [2.24, 2.45) is 0 Å². The molecule has 0 fully saturated rings. The van der Waals surface area contributed by atoms with E-state index in [4.69, 9.17) is 22.0 Å². The van der Waals surface area contributed by atoms with E-state index >= 15 is 0 Å². The fourth-order valence-electron chi connectivity index (χ4n) is 0.561. The number of hydrogen-bond donors (Lipinski definition) is 1. The second-order valence-corrected chi connectivity index (χ2v) is 2.93. The van der Waals surface area contributed by atoms with Crippen LogP contribution in [0.5, 0.6) is 0 Å². The molecule has 1 heterocycles. The average molecular weight is 174 g/mol. The number of thiophene rings is 1. The molecule has 1 aromatic rings. The Morgan fingerprint density at radius 3 is 2.80 bits per heavy atom. The van der Waals surface area contributed by atoms with E-state index in [1.165, 1.54) is 11.3 Å². The van der Waals surface area contributed by atoms with Gasteiger partial charge in [-0.2, -0.15) is 5.26 Å². The fourth-order valence-corrected chi connectivity index (χ4v) is 1.66. The van der Waals surface area contributed by atoms with Gasteiger partial charge in [-0.15, -0.1) is 11.3 Å². The highest BCUT2D eigenvalue weighted by molar-refractivity contribution is 7.11. The second-order valence-electron chi connectivity index (χ2n) is 1.67. The van der Waals surface area contributed by atoms with Gasteiger partial charge < -0.3 is 5.11 Å². The van der Waals surface area contributed by atoms with Crippen molar-refractivity contribution in [1.82, 2.24) is 0 Å². The molecule has 1 N–H and O–H groups in total. The number of rotatable bonds is 1. The molecule has 0 amide bonds. The molecular formula is C6H4ClNOS. The van der Waals surface area contributed by atoms with Crippen LogP contribution in [0.4, 0.5) is 0 Å². The van der Waals surface area contributed by atoms with Crippen LogP contribution in [0.3, 0.4) is 0 Å². The Morgan fingerprint density at radius 2 is 2.50 bits per heavy atom. The van der Waals surface area contributed by atoms with Crippen molar-refractivity contribution < 1.29 is 5.11 Å². The van der Waals surface area contributed by atoms with Gasteiger partial charge in [0.25, 0.3) is 0 Å². The standard InChI is InChI=1S/C6H4ClNOS/c7-6-4(2-9)3-10-5(6)1-8/h3,9H,2H2. The predicted octanol–water partition coefficient (Wildman–Crippen LogP) is 1.77. The van der Waals surface area contributed by atoms with Crippen molar-refractivity contribution in [3.05, 3.63) is 20.8 Å². The molecule has 0 aromatic carbocycles. The predicted molar refractivity (Wildman–Crippen MR) is 40.0 cm³/mol. The van der Waals surface area contributed by atoms with Crippen molar-refractivity contribution in [2.45, 2.75) is 6.61 Å². The largest absolute Gasteiger partial charge is 0.392 e. The number of nitriles is 1. The van der Waals surface area contributed by atoms with Gasteiger partial charge in [0.15, 0.2) is 0 Å². The minimum Gasteiger partial charge on any atom is -0.392 e. The van der Waals surface area contributed by atoms with Crippen LogP contribution in [0.1, 0.15) is 10.4 Å². The molecule has 0 aliphatic carbocycles. The van der Waals surface area contributed by atoms with Gasteiger partial charge in [0.2, 0.25) is 0 Å². The highest BCUT2D eigenvalue weighted by atomic mass is 35.5. The smallest absolute Gasteiger partial charge is 0.123 e. The molecule has 2 nitrogen and oxygen atoms in total. The molecule has 1 aromatic heterocycles. The van der Waals surface area contributed by atoms with Crippen molar-refractivity contribution in [3.63, 3.8) is 0 Å². The van der Waals surface area contributed by atoms with Crippen molar-refractivity contribution in [3.8, 4) is 6.07 Å². The fraction of sp³-hybridized carbons (Fsp3) is 0.167. The van der Waals surface area contributed by atoms with Crippen LogP contribution < -0.4 is 0 Å². The van der Waals surface area contributed by atoms with Gasteiger partial charge in [0.05, 0.1) is 11.6 Å². The number of aliphatic hydroxyl groups is 1. The summed E-state index contributed by atoms with van der Waals surface area (Å²) in [5, 5.41) is 19.1. The van der Waals surface area contributed by atoms with Gasteiger partial charge in [-0.05, 0) is 5.38 Å². The number of nitrogens with zero attached hydrogens (tertiary/aromatic N) is 1. The van der Waals surface area contributed by atoms with Crippen LogP contribution in [0.2, 0.25) is 5.02 Å². The highest BCUT2D eigenvalue weighted by Crippen LogP contribution is 2.26. The molecule has 0 radical (unpaired) electrons. The number of halogens is 1. The summed E-state index contributed by atoms with van der Waals surface area (Å²) < 4.78 is 0. The highest BCUT2D eigenvalue weighted by Gasteiger charge is 2.06. The van der Waals surface area contributed by atoms with Crippen LogP contribution in [-0.4, -0.2) is 5.11 Å². The van der Waals surface area contributed by atoms with E-state index in [0.29, 0.717) is 15.5 Å². The molecule has 0 unspecified atom stereocenters. The molecule has 0 saturated heterocycles. The minimum atomic E-state index is -0.100. The summed E-state index contributed by atoms with van der Waals surface area (Å²) in [4.78, 5) is 0.464. The van der Waals surface area contributed by atoms with E-state index in [0.717, 1.165) is 0 Å². The third-order valence-electron chi connectivity index (χ3n) is 1.07. The Bertz CT molecular complexity index is 276. The maximum Gasteiger partial charge on any atom is 0.123 e. The van der Waals surface area contributed by atoms with Crippen LogP contribution in [-0.2, 0) is 6.61 Å². The summed E-state index contributed by atoms with van der Waals surface area (Å²) in [6.07, 6.45) is 0. The topological polar surface area (TPSA) is 44.0 Å². The lowest BCUT2D eigenvalue weighted by Crippen LogP contribution is -1.77. The first-order valence-electron chi connectivity index (χ1n) is 2.56. The zero-order valence-electron chi connectivity index (χ0n) is 4.97. The normalized spacial score (nSPS) is 9.30. The molecule has 1 rings (SSSR count). The Kier molecular flexibility index (Phi) is 2.28. The number of aliphatic hydroxyl groups excluding tert-OH is 1. The number of hydrogen-bond acceptors (Lipinski definition) is 3. The van der Waals surface area contributed by atoms with Crippen molar-refractivity contribution in [2.75, 3.05) is 0 Å². The van der Waals surface area contributed by atoms with Gasteiger partial charge in [-0.3, -0.25) is 0 Å². The Labute approximate surface area is 67.3 Å². The Hall–Kier alpha value is -0.560. The maximum absolute atomic E-state index is 8.64. The van der Waals surface area contributed by atoms with E-state index in [1.807, 2.05) is 6.07 Å². The van der Waals surface area contributed by atoms with Crippen LogP contribution in [0.15, 0.2) is 5.38 Å². The third kappa shape index (κ3) is 1.14. The lowest BCUT2D eigenvalue weighted by Gasteiger charge is -1.87. The van der Waals surface area contributed by atoms with Crippen LogP contribution in [0.25, 0.3) is 0 Å². The minimum absolute atomic E-state index is 0.100. The summed E-state index contributed by atoms with van der Waals surface area (Å²) in [5.41, 5.74) is 0.628. The first kappa shape index (κ1) is 7.55. The molecule has 10 heavy (non-hydrogen) atoms. The lowest BCUT2D eigenvalue weighted by atomic mass is 10.3. The second kappa shape index (κ2) is 3.02. The first-order valence-corrected chi connectivity index (χ1v) is 3.82. The molecule has 0 aliphatic heterocycles. The SMILES string of the molecule is N#Cc1scc(CO)c1Cl. The molecular weight excluding hydrogens is 170 g/mol. The quantitative estimate of drug-likeness (QED) is 0.704. The molecule has 0 spiro atoms. The maximum atomic E-state index is 8.64. The Balaban J connectivity index is 3.12. The van der Waals surface area contributed by atoms with Gasteiger partial charge in [0.1, 0.15) is 10.9 Å². The first-order chi connectivity index (χ1) is 4.79. The van der Waals surface area contributed by atoms with E-state index in [-0.39, 0.29) is 6.61 Å². The van der Waals surface area contributed by atoms with E-state index in [1.54, 1.807) is 5.38 Å². The molecule has 4 heteroatoms. The van der Waals surface area contributed by atoms with Gasteiger partial charge >= 0.3 is 0 Å². The third-order valence-corrected chi connectivity index (χ3v) is 2.55. The Morgan fingerprint density at radius 1 is 1.80 bits per heavy atom. The molecule has 0 aliphatic rings. The van der Waals surface area contributed by atoms with Gasteiger partial charge in [-0.1, -0.05) is 11.6 Å². The van der Waals surface area contributed by atoms with E-state index < -0.39 is 0 Å². The lowest BCUT2D eigenvalue weighted by molar-refractivity contribution is 0.282. The average Bonchev–Trinajstić information content (AvgIpc) is 2.30. The van der Waals surface area contributed by atoms with Crippen LogP contribution >= 0.6 is 22.9 Å². The molecule has 52 valence electrons. The molecule has 0 saturated carbocycles. The van der Waals surface area contributed by atoms with Gasteiger partial charge in [-0.25, -0.2) is 0 Å². The summed E-state index contributed by atoms with van der Waals surface area (Å²) >= 11 is 6.90. The summed E-state index contributed by atoms with van der Waals surface area (Å²) in [7, 11) is 0. The van der Waals surface area contributed by atoms with Crippen LogP contribution in [0, 0.1) is 11.3 Å². The van der Waals surface area contributed by atoms with E-state index in [9.17, 15) is 0 Å². The molecule has 0 bridgehead atoms. The zero-order chi connectivity index (χ0) is 7.56. The summed E-state index contributed by atoms with van der Waals surface area (Å²) in [5.74, 6) is 0. The zero-order valence-corrected chi connectivity index (χ0v) is 6.54. The summed E-state index contributed by atoms with van der Waals surface area (Å²) in [6, 6.07) is 1.93. The van der Waals surface area contributed by atoms with Gasteiger partial charge in [0, 0.05) is 5.56 Å². The van der Waals surface area contributed by atoms with E-state index in [2.05, 4.69) is 0 Å². The molecule has 0 atom stereocenters. The van der Waals surface area contributed by atoms with Crippen molar-refractivity contribution in [1.29, 1.82) is 5.26 Å². The monoisotopic (exact) mass is 173 g/mol. The van der Waals surface area contributed by atoms with Crippen molar-refractivity contribution >= 4 is 22.9 Å². The summed E-state index contributed by atoms with van der Waals surface area (Å²) in [6.45, 7) is -0.100.